The Morgan fingerprint density at radius 1 is 1.12 bits per heavy atom. The molecule has 5 aromatic rings. The Morgan fingerprint density at radius 2 is 1.98 bits per heavy atom. The van der Waals surface area contributed by atoms with Crippen LogP contribution >= 0.6 is 22.9 Å². The van der Waals surface area contributed by atoms with E-state index in [1.54, 1.807) is 30.3 Å². The monoisotopic (exact) mass is 610 g/mol. The molecule has 0 aliphatic carbocycles. The van der Waals surface area contributed by atoms with E-state index < -0.39 is 9.84 Å². The molecule has 0 aliphatic heterocycles. The van der Waals surface area contributed by atoms with Crippen LogP contribution in [0.5, 0.6) is 5.75 Å². The van der Waals surface area contributed by atoms with E-state index in [-0.39, 0.29) is 30.6 Å². The molecule has 0 radical (unpaired) electrons. The van der Waals surface area contributed by atoms with Crippen molar-refractivity contribution in [2.45, 2.75) is 6.61 Å². The van der Waals surface area contributed by atoms with E-state index in [1.165, 1.54) is 35.9 Å². The van der Waals surface area contributed by atoms with Gasteiger partial charge in [0.2, 0.25) is 5.91 Å². The van der Waals surface area contributed by atoms with Gasteiger partial charge in [-0.15, -0.1) is 11.3 Å². The van der Waals surface area contributed by atoms with E-state index in [0.29, 0.717) is 27.8 Å². The average molecular weight is 611 g/mol. The van der Waals surface area contributed by atoms with Gasteiger partial charge in [0.25, 0.3) is 0 Å². The van der Waals surface area contributed by atoms with Crippen molar-refractivity contribution in [2.75, 3.05) is 23.9 Å². The average Bonchev–Trinajstić information content (AvgIpc) is 3.29. The van der Waals surface area contributed by atoms with Crippen LogP contribution in [0.4, 0.5) is 15.9 Å². The van der Waals surface area contributed by atoms with Crippen molar-refractivity contribution in [3.63, 3.8) is 0 Å². The largest absolute Gasteiger partial charge is 0.487 e. The molecule has 0 spiro atoms. The summed E-state index contributed by atoms with van der Waals surface area (Å²) in [6, 6.07) is 17.3. The molecule has 8 nitrogen and oxygen atoms in total. The van der Waals surface area contributed by atoms with Gasteiger partial charge in [0.15, 0.2) is 0 Å². The minimum absolute atomic E-state index is 0.0572. The van der Waals surface area contributed by atoms with Crippen LogP contribution in [0.3, 0.4) is 0 Å². The number of halogens is 2. The molecule has 5 rings (SSSR count). The van der Waals surface area contributed by atoms with Gasteiger partial charge in [-0.1, -0.05) is 35.9 Å². The zero-order valence-electron chi connectivity index (χ0n) is 21.7. The fraction of sp³-hybridized carbons (Fsp3) is 0.138. The molecule has 3 aromatic carbocycles. The van der Waals surface area contributed by atoms with E-state index in [0.717, 1.165) is 32.1 Å². The Kier molecular flexibility index (Phi) is 8.48. The number of ether oxygens (including phenoxy) is 1. The normalized spacial score (nSPS) is 11.8. The Bertz CT molecular complexity index is 1890. The number of nitrogens with zero attached hydrogens (tertiary/aromatic N) is 2. The van der Waals surface area contributed by atoms with Crippen molar-refractivity contribution < 1.29 is 22.3 Å². The number of carbonyl (C=O) groups is 1. The Balaban J connectivity index is 1.31. The third-order valence-corrected chi connectivity index (χ3v) is 8.27. The van der Waals surface area contributed by atoms with Crippen molar-refractivity contribution in [3.05, 3.63) is 95.0 Å². The summed E-state index contributed by atoms with van der Waals surface area (Å²) >= 11 is 7.97. The van der Waals surface area contributed by atoms with Gasteiger partial charge in [-0.05, 0) is 53.6 Å². The van der Waals surface area contributed by atoms with E-state index in [9.17, 15) is 17.6 Å². The SMILES string of the molecule is CS(=O)(=O)CCNC(=O)/C=C/c1ccc2c(c1)sc1ncnc(Nc3ccc(OCc4cccc(F)c4)c(Cl)c3)c12. The molecular weight excluding hydrogens is 587 g/mol. The molecule has 0 atom stereocenters. The Labute approximate surface area is 244 Å². The molecule has 12 heteroatoms. The number of carbonyl (C=O) groups excluding carboxylic acids is 1. The Morgan fingerprint density at radius 3 is 2.76 bits per heavy atom. The molecule has 1 amide bonds. The summed E-state index contributed by atoms with van der Waals surface area (Å²) in [6.07, 6.45) is 5.66. The highest BCUT2D eigenvalue weighted by Crippen LogP contribution is 2.38. The predicted octanol–water partition coefficient (Wildman–Crippen LogP) is 6.13. The standard InChI is InChI=1S/C29H24ClFN4O4S2/c1-41(37,38)12-11-32-26(36)10-6-18-5-8-22-25(14-18)40-29-27(22)28(33-17-34-29)35-21-7-9-24(23(30)15-21)39-16-19-3-2-4-20(31)13-19/h2-10,13-15,17H,11-12,16H2,1H3,(H,32,36)(H,33,34,35)/b10-6+. The van der Waals surface area contributed by atoms with Gasteiger partial charge in [-0.2, -0.15) is 0 Å². The van der Waals surface area contributed by atoms with E-state index in [4.69, 9.17) is 16.3 Å². The highest BCUT2D eigenvalue weighted by molar-refractivity contribution is 7.90. The third-order valence-electron chi connectivity index (χ3n) is 5.97. The van der Waals surface area contributed by atoms with Crippen molar-refractivity contribution in [2.24, 2.45) is 0 Å². The molecule has 0 fully saturated rings. The molecule has 0 saturated carbocycles. The molecule has 2 aromatic heterocycles. The van der Waals surface area contributed by atoms with Crippen LogP contribution in [-0.4, -0.2) is 42.8 Å². The van der Waals surface area contributed by atoms with Crippen molar-refractivity contribution >= 4 is 76.6 Å². The van der Waals surface area contributed by atoms with Crippen molar-refractivity contribution in [1.29, 1.82) is 0 Å². The minimum atomic E-state index is -3.14. The predicted molar refractivity (Wildman–Crippen MR) is 162 cm³/mol. The summed E-state index contributed by atoms with van der Waals surface area (Å²) in [7, 11) is -3.14. The zero-order chi connectivity index (χ0) is 29.0. The van der Waals surface area contributed by atoms with Crippen LogP contribution in [0.15, 0.2) is 73.1 Å². The number of sulfone groups is 1. The van der Waals surface area contributed by atoms with Gasteiger partial charge in [0.1, 0.15) is 45.0 Å². The van der Waals surface area contributed by atoms with Gasteiger partial charge < -0.3 is 15.4 Å². The summed E-state index contributed by atoms with van der Waals surface area (Å²) < 4.78 is 42.6. The highest BCUT2D eigenvalue weighted by Gasteiger charge is 2.13. The third kappa shape index (κ3) is 7.37. The second-order valence-electron chi connectivity index (χ2n) is 9.20. The lowest BCUT2D eigenvalue weighted by atomic mass is 10.1. The van der Waals surface area contributed by atoms with Crippen LogP contribution in [0.1, 0.15) is 11.1 Å². The first-order chi connectivity index (χ1) is 19.6. The number of fused-ring (bicyclic) bond motifs is 3. The molecule has 41 heavy (non-hydrogen) atoms. The number of benzene rings is 3. The maximum atomic E-state index is 13.4. The molecule has 0 saturated heterocycles. The topological polar surface area (TPSA) is 110 Å². The molecule has 0 aliphatic rings. The highest BCUT2D eigenvalue weighted by atomic mass is 35.5. The lowest BCUT2D eigenvalue weighted by Crippen LogP contribution is -2.27. The maximum Gasteiger partial charge on any atom is 0.244 e. The fourth-order valence-electron chi connectivity index (χ4n) is 4.03. The molecule has 210 valence electrons. The summed E-state index contributed by atoms with van der Waals surface area (Å²) in [6.45, 7) is 0.240. The Hall–Kier alpha value is -4.06. The van der Waals surface area contributed by atoms with E-state index in [1.807, 2.05) is 24.3 Å². The molecule has 2 heterocycles. The second-order valence-corrected chi connectivity index (χ2v) is 12.9. The second kappa shape index (κ2) is 12.2. The van der Waals surface area contributed by atoms with Crippen LogP contribution in [0.25, 0.3) is 26.4 Å². The summed E-state index contributed by atoms with van der Waals surface area (Å²) in [4.78, 5) is 21.7. The first-order valence-corrected chi connectivity index (χ1v) is 15.6. The van der Waals surface area contributed by atoms with Gasteiger partial charge >= 0.3 is 0 Å². The maximum absolute atomic E-state index is 13.4. The van der Waals surface area contributed by atoms with Crippen LogP contribution in [0, 0.1) is 5.82 Å². The number of amides is 1. The number of hydrogen-bond donors (Lipinski definition) is 2. The minimum Gasteiger partial charge on any atom is -0.487 e. The number of rotatable bonds is 10. The smallest absolute Gasteiger partial charge is 0.244 e. The van der Waals surface area contributed by atoms with Gasteiger partial charge in [-0.25, -0.2) is 22.8 Å². The van der Waals surface area contributed by atoms with Crippen molar-refractivity contribution in [1.82, 2.24) is 15.3 Å². The zero-order valence-corrected chi connectivity index (χ0v) is 24.1. The van der Waals surface area contributed by atoms with Gasteiger partial charge in [-0.3, -0.25) is 4.79 Å². The van der Waals surface area contributed by atoms with Crippen LogP contribution in [-0.2, 0) is 21.2 Å². The summed E-state index contributed by atoms with van der Waals surface area (Å²) in [5.74, 6) is 0.275. The number of nitrogens with one attached hydrogen (secondary N) is 2. The lowest BCUT2D eigenvalue weighted by molar-refractivity contribution is -0.116. The molecule has 0 unspecified atom stereocenters. The van der Waals surface area contributed by atoms with Crippen LogP contribution in [0.2, 0.25) is 5.02 Å². The van der Waals surface area contributed by atoms with Crippen LogP contribution < -0.4 is 15.4 Å². The number of hydrogen-bond acceptors (Lipinski definition) is 8. The number of anilines is 2. The molecule has 2 N–H and O–H groups in total. The number of thiophene rings is 1. The summed E-state index contributed by atoms with van der Waals surface area (Å²) in [5.41, 5.74) is 2.21. The fourth-order valence-corrected chi connectivity index (χ4v) is 5.83. The quantitative estimate of drug-likeness (QED) is 0.183. The first kappa shape index (κ1) is 28.5. The van der Waals surface area contributed by atoms with E-state index >= 15 is 0 Å². The van der Waals surface area contributed by atoms with Crippen molar-refractivity contribution in [3.8, 4) is 5.75 Å². The molecule has 0 bridgehead atoms. The van der Waals surface area contributed by atoms with Gasteiger partial charge in [0, 0.05) is 34.7 Å². The summed E-state index contributed by atoms with van der Waals surface area (Å²) in [5, 5.41) is 8.07. The lowest BCUT2D eigenvalue weighted by Gasteiger charge is -2.11. The van der Waals surface area contributed by atoms with Gasteiger partial charge in [0.05, 0.1) is 16.2 Å². The van der Waals surface area contributed by atoms with E-state index in [2.05, 4.69) is 20.6 Å². The first-order valence-electron chi connectivity index (χ1n) is 12.4. The molecular formula is C29H24ClFN4O4S2. The number of aromatic nitrogens is 2.